The second-order valence-electron chi connectivity index (χ2n) is 7.07. The van der Waals surface area contributed by atoms with Gasteiger partial charge in [0.25, 0.3) is 0 Å². The average molecular weight is 393 g/mol. The Bertz CT molecular complexity index is 1050. The first-order valence-corrected chi connectivity index (χ1v) is 8.83. The van der Waals surface area contributed by atoms with Crippen LogP contribution in [0.2, 0.25) is 0 Å². The molecule has 0 aliphatic rings. The largest absolute Gasteiger partial charge is 0.464 e. The van der Waals surface area contributed by atoms with Crippen LogP contribution in [0.15, 0.2) is 22.8 Å². The normalized spacial score (nSPS) is 13.1. The fourth-order valence-electron chi connectivity index (χ4n) is 3.44. The second-order valence-corrected chi connectivity index (χ2v) is 7.07. The molecule has 1 amide bonds. The van der Waals surface area contributed by atoms with E-state index in [-0.39, 0.29) is 17.7 Å². The van der Waals surface area contributed by atoms with Crippen molar-refractivity contribution in [2.45, 2.75) is 46.3 Å². The van der Waals surface area contributed by atoms with Crippen molar-refractivity contribution in [1.82, 2.24) is 15.1 Å². The molecule has 1 N–H and O–H groups in total. The minimum Gasteiger partial charge on any atom is -0.464 e. The molecule has 3 rings (SSSR count). The Morgan fingerprint density at radius 1 is 1.25 bits per heavy atom. The number of benzene rings is 1. The molecule has 0 radical (unpaired) electrons. The third-order valence-corrected chi connectivity index (χ3v) is 5.18. The van der Waals surface area contributed by atoms with Crippen molar-refractivity contribution in [3.8, 4) is 0 Å². The van der Waals surface area contributed by atoms with E-state index in [1.54, 1.807) is 14.0 Å². The topological polar surface area (TPSA) is 60.1 Å². The van der Waals surface area contributed by atoms with E-state index >= 15 is 0 Å². The van der Waals surface area contributed by atoms with Gasteiger partial charge >= 0.3 is 6.18 Å². The van der Waals surface area contributed by atoms with Gasteiger partial charge < -0.3 is 9.73 Å². The van der Waals surface area contributed by atoms with Crippen molar-refractivity contribution in [2.75, 3.05) is 0 Å². The maximum Gasteiger partial charge on any atom is 0.413 e. The molecule has 0 saturated heterocycles. The zero-order valence-corrected chi connectivity index (χ0v) is 16.4. The summed E-state index contributed by atoms with van der Waals surface area (Å²) in [5.41, 5.74) is 3.76. The summed E-state index contributed by atoms with van der Waals surface area (Å²) in [4.78, 5) is 12.5. The monoisotopic (exact) mass is 393 g/mol. The van der Waals surface area contributed by atoms with Gasteiger partial charge in [0.05, 0.1) is 18.4 Å². The van der Waals surface area contributed by atoms with Crippen molar-refractivity contribution < 1.29 is 22.4 Å². The molecule has 28 heavy (non-hydrogen) atoms. The molecular weight excluding hydrogens is 371 g/mol. The van der Waals surface area contributed by atoms with Crippen LogP contribution in [0.5, 0.6) is 0 Å². The lowest BCUT2D eigenvalue weighted by molar-refractivity contribution is -0.163. The van der Waals surface area contributed by atoms with Gasteiger partial charge in [-0.3, -0.25) is 9.48 Å². The molecule has 0 saturated carbocycles. The number of nitrogens with zero attached hydrogens (tertiary/aromatic N) is 2. The Morgan fingerprint density at radius 3 is 2.50 bits per heavy atom. The fraction of sp³-hybridized carbons (Fsp3) is 0.400. The summed E-state index contributed by atoms with van der Waals surface area (Å²) < 4.78 is 48.0. The van der Waals surface area contributed by atoms with Gasteiger partial charge in [-0.2, -0.15) is 18.3 Å². The molecule has 1 aromatic carbocycles. The highest BCUT2D eigenvalue weighted by Crippen LogP contribution is 2.36. The molecule has 150 valence electrons. The van der Waals surface area contributed by atoms with E-state index in [0.29, 0.717) is 16.8 Å². The van der Waals surface area contributed by atoms with Crippen molar-refractivity contribution in [1.29, 1.82) is 0 Å². The lowest BCUT2D eigenvalue weighted by Gasteiger charge is -2.22. The number of halogens is 3. The highest BCUT2D eigenvalue weighted by Gasteiger charge is 2.44. The number of carbonyl (C=O) groups is 1. The number of furan rings is 1. The minimum atomic E-state index is -4.64. The van der Waals surface area contributed by atoms with Gasteiger partial charge in [-0.05, 0) is 38.8 Å². The molecule has 2 heterocycles. The van der Waals surface area contributed by atoms with Crippen molar-refractivity contribution in [3.05, 3.63) is 52.0 Å². The van der Waals surface area contributed by atoms with Crippen LogP contribution in [0.25, 0.3) is 11.0 Å². The molecule has 0 fully saturated rings. The third kappa shape index (κ3) is 3.50. The van der Waals surface area contributed by atoms with Crippen LogP contribution in [0, 0.1) is 27.7 Å². The number of rotatable bonds is 4. The zero-order chi connectivity index (χ0) is 20.8. The summed E-state index contributed by atoms with van der Waals surface area (Å²) in [6.07, 6.45) is -3.42. The highest BCUT2D eigenvalue weighted by atomic mass is 19.4. The maximum absolute atomic E-state index is 13.7. The molecule has 5 nitrogen and oxygen atoms in total. The summed E-state index contributed by atoms with van der Waals surface area (Å²) in [5, 5.41) is 6.91. The standard InChI is InChI=1S/C20H22F3N3O2/c1-10-6-7-15-14(9-28-18(15)11(10)2)8-16(27)24-19(20(21,22)23)17-12(3)25-26(5)13(17)4/h6-7,9,19H,8H2,1-5H3,(H,24,27). The number of aryl methyl sites for hydroxylation is 4. The summed E-state index contributed by atoms with van der Waals surface area (Å²) in [5.74, 6) is -0.731. The van der Waals surface area contributed by atoms with Gasteiger partial charge in [-0.15, -0.1) is 0 Å². The van der Waals surface area contributed by atoms with E-state index in [4.69, 9.17) is 4.42 Å². The first-order chi connectivity index (χ1) is 13.0. The van der Waals surface area contributed by atoms with Gasteiger partial charge in [-0.1, -0.05) is 12.1 Å². The van der Waals surface area contributed by atoms with E-state index in [1.807, 2.05) is 26.0 Å². The summed E-state index contributed by atoms with van der Waals surface area (Å²) in [6, 6.07) is 1.60. The number of aromatic nitrogens is 2. The van der Waals surface area contributed by atoms with Gasteiger partial charge in [-0.25, -0.2) is 0 Å². The van der Waals surface area contributed by atoms with E-state index in [2.05, 4.69) is 10.4 Å². The first kappa shape index (κ1) is 20.0. The molecule has 0 bridgehead atoms. The molecule has 1 unspecified atom stereocenters. The molecule has 0 spiro atoms. The average Bonchev–Trinajstić information content (AvgIpc) is 3.10. The molecule has 3 aromatic rings. The smallest absolute Gasteiger partial charge is 0.413 e. The van der Waals surface area contributed by atoms with Crippen LogP contribution < -0.4 is 5.32 Å². The predicted octanol–water partition coefficient (Wildman–Crippen LogP) is 4.36. The fourth-order valence-corrected chi connectivity index (χ4v) is 3.44. The Labute approximate surface area is 160 Å². The Morgan fingerprint density at radius 2 is 1.93 bits per heavy atom. The van der Waals surface area contributed by atoms with Crippen LogP contribution in [-0.4, -0.2) is 21.9 Å². The lowest BCUT2D eigenvalue weighted by atomic mass is 10.0. The van der Waals surface area contributed by atoms with Crippen molar-refractivity contribution >= 4 is 16.9 Å². The number of alkyl halides is 3. The minimum absolute atomic E-state index is 0.0214. The number of amides is 1. The Kier molecular flexibility index (Phi) is 4.99. The van der Waals surface area contributed by atoms with Crippen LogP contribution in [0.1, 0.15) is 39.7 Å². The zero-order valence-electron chi connectivity index (χ0n) is 16.4. The second kappa shape index (κ2) is 7.00. The first-order valence-electron chi connectivity index (χ1n) is 8.83. The van der Waals surface area contributed by atoms with Gasteiger partial charge in [0.1, 0.15) is 5.58 Å². The number of hydrogen-bond acceptors (Lipinski definition) is 3. The van der Waals surface area contributed by atoms with Crippen LogP contribution >= 0.6 is 0 Å². The quantitative estimate of drug-likeness (QED) is 0.716. The van der Waals surface area contributed by atoms with E-state index in [0.717, 1.165) is 16.5 Å². The maximum atomic E-state index is 13.7. The van der Waals surface area contributed by atoms with E-state index in [1.165, 1.54) is 17.9 Å². The van der Waals surface area contributed by atoms with Crippen LogP contribution in [0.3, 0.4) is 0 Å². The molecule has 8 heteroatoms. The number of carbonyl (C=O) groups excluding carboxylic acids is 1. The predicted molar refractivity (Wildman–Crippen MR) is 99.0 cm³/mol. The lowest BCUT2D eigenvalue weighted by Crippen LogP contribution is -2.39. The van der Waals surface area contributed by atoms with Gasteiger partial charge in [0, 0.05) is 29.3 Å². The van der Waals surface area contributed by atoms with Crippen LogP contribution in [-0.2, 0) is 18.3 Å². The third-order valence-electron chi connectivity index (χ3n) is 5.18. The number of fused-ring (bicyclic) bond motifs is 1. The molecule has 1 atom stereocenters. The Hall–Kier alpha value is -2.77. The summed E-state index contributed by atoms with van der Waals surface area (Å²) in [6.45, 7) is 6.89. The molecule has 0 aliphatic carbocycles. The summed E-state index contributed by atoms with van der Waals surface area (Å²) >= 11 is 0. The van der Waals surface area contributed by atoms with Gasteiger partial charge in [0.2, 0.25) is 5.91 Å². The molecule has 0 aliphatic heterocycles. The Balaban J connectivity index is 1.89. The van der Waals surface area contributed by atoms with E-state index in [9.17, 15) is 18.0 Å². The van der Waals surface area contributed by atoms with Crippen molar-refractivity contribution in [2.24, 2.45) is 7.05 Å². The summed E-state index contributed by atoms with van der Waals surface area (Å²) in [7, 11) is 1.57. The highest BCUT2D eigenvalue weighted by molar-refractivity contribution is 5.89. The molecule has 2 aromatic heterocycles. The number of nitrogens with one attached hydrogen (secondary N) is 1. The van der Waals surface area contributed by atoms with Crippen LogP contribution in [0.4, 0.5) is 13.2 Å². The SMILES string of the molecule is Cc1ccc2c(CC(=O)NC(c3c(C)nn(C)c3C)C(F)(F)F)coc2c1C. The van der Waals surface area contributed by atoms with Gasteiger partial charge in [0.15, 0.2) is 6.04 Å². The molecular formula is C20H22F3N3O2. The van der Waals surface area contributed by atoms with Crippen molar-refractivity contribution in [3.63, 3.8) is 0 Å². The van der Waals surface area contributed by atoms with E-state index < -0.39 is 18.1 Å². The number of hydrogen-bond donors (Lipinski definition) is 1.